The average Bonchev–Trinajstić information content (AvgIpc) is 2.93. The van der Waals surface area contributed by atoms with Crippen LogP contribution >= 0.6 is 7.94 Å². The van der Waals surface area contributed by atoms with Gasteiger partial charge in [-0.15, -0.1) is 0 Å². The predicted molar refractivity (Wildman–Crippen MR) is 160 cm³/mol. The Morgan fingerprint density at radius 1 is 0.610 bits per heavy atom. The normalized spacial score (nSPS) is 13.1. The first-order chi connectivity index (χ1) is 19.6. The van der Waals surface area contributed by atoms with Gasteiger partial charge in [-0.2, -0.15) is 14.7 Å². The molecule has 41 heavy (non-hydrogen) atoms. The van der Waals surface area contributed by atoms with Gasteiger partial charge < -0.3 is 19.3 Å². The summed E-state index contributed by atoms with van der Waals surface area (Å²) in [5.74, 6) is -4.19. The zero-order valence-corrected chi connectivity index (χ0v) is 26.5. The van der Waals surface area contributed by atoms with Gasteiger partial charge in [-0.1, -0.05) is 117 Å². The van der Waals surface area contributed by atoms with Crippen molar-refractivity contribution >= 4 is 25.7 Å². The van der Waals surface area contributed by atoms with E-state index in [1.54, 1.807) is 0 Å². The Morgan fingerprint density at radius 3 is 1.44 bits per heavy atom. The van der Waals surface area contributed by atoms with E-state index in [1.807, 2.05) is 0 Å². The van der Waals surface area contributed by atoms with Gasteiger partial charge in [0.05, 0.1) is 6.61 Å². The van der Waals surface area contributed by atoms with E-state index in [0.717, 1.165) is 38.5 Å². The van der Waals surface area contributed by atoms with Crippen molar-refractivity contribution in [1.29, 1.82) is 0 Å². The number of unbranched alkanes of at least 4 members (excludes halogenated alkanes) is 16. The van der Waals surface area contributed by atoms with Crippen LogP contribution in [-0.4, -0.2) is 69.3 Å². The highest BCUT2D eigenvalue weighted by Gasteiger charge is 2.49. The molecule has 10 nitrogen and oxygen atoms in total. The van der Waals surface area contributed by atoms with Gasteiger partial charge >= 0.3 is 25.7 Å². The molecule has 2 atom stereocenters. The molecule has 0 saturated carbocycles. The summed E-state index contributed by atoms with van der Waals surface area (Å²) in [6.07, 6.45) is 19.1. The molecule has 0 aromatic rings. The molecule has 0 saturated heterocycles. The molecule has 0 rings (SSSR count). The molecule has 0 amide bonds. The van der Waals surface area contributed by atoms with Crippen molar-refractivity contribution in [3.05, 3.63) is 0 Å². The monoisotopic (exact) mass is 609 g/mol. The predicted octanol–water partition coefficient (Wildman–Crippen LogP) is 5.93. The summed E-state index contributed by atoms with van der Waals surface area (Å²) in [6, 6.07) is 0. The summed E-state index contributed by atoms with van der Waals surface area (Å²) in [6.45, 7) is 2.43. The number of ketones is 1. The standard InChI is InChI=1S/C30H58O10P/c1-3-5-7-9-11-13-15-17-19-21-28(33)38-24-26(25-39-30(27(32)23-31)41(35,36)37)40-29(34)22-20-18-16-14-12-10-8-6-4-2/h26,30-31,35-37H,3-25H2,1-2H3/q+1/t26-,30?/m1/s1. The smallest absolute Gasteiger partial charge is 0.443 e. The van der Waals surface area contributed by atoms with E-state index < -0.39 is 50.8 Å². The van der Waals surface area contributed by atoms with Crippen LogP contribution in [0.5, 0.6) is 0 Å². The van der Waals surface area contributed by atoms with E-state index in [0.29, 0.717) is 12.8 Å². The zero-order valence-electron chi connectivity index (χ0n) is 25.6. The Bertz CT molecular complexity index is 668. The number of hydrogen-bond acceptors (Lipinski definition) is 10. The fraction of sp³-hybridized carbons (Fsp3) is 0.900. The number of aliphatic hydroxyl groups excluding tert-OH is 1. The second-order valence-corrected chi connectivity index (χ2v) is 12.6. The largest absolute Gasteiger partial charge is 0.462 e. The Hall–Kier alpha value is -1.16. The topological polar surface area (TPSA) is 160 Å². The van der Waals surface area contributed by atoms with Crippen molar-refractivity contribution in [3.8, 4) is 0 Å². The van der Waals surface area contributed by atoms with Crippen molar-refractivity contribution in [2.24, 2.45) is 0 Å². The summed E-state index contributed by atoms with van der Waals surface area (Å²) in [4.78, 5) is 65.0. The fourth-order valence-corrected chi connectivity index (χ4v) is 5.20. The number of ether oxygens (including phenoxy) is 3. The quantitative estimate of drug-likeness (QED) is 0.0455. The SMILES string of the molecule is CCCCCCCCCCCC(=O)OC[C@H](COC(C(=O)CO)[P+](O)(O)O)OC(=O)CCCCCCCCCCC. The van der Waals surface area contributed by atoms with E-state index in [4.69, 9.17) is 19.3 Å². The second kappa shape index (κ2) is 26.5. The Labute approximate surface area is 248 Å². The molecular formula is C30H58O10P+. The van der Waals surface area contributed by atoms with Gasteiger partial charge in [-0.3, -0.25) is 14.4 Å². The van der Waals surface area contributed by atoms with Gasteiger partial charge in [0.1, 0.15) is 13.2 Å². The first-order valence-electron chi connectivity index (χ1n) is 15.8. The molecule has 11 heteroatoms. The van der Waals surface area contributed by atoms with Crippen LogP contribution in [0, 0.1) is 0 Å². The van der Waals surface area contributed by atoms with E-state index in [9.17, 15) is 29.1 Å². The van der Waals surface area contributed by atoms with Crippen LogP contribution in [0.25, 0.3) is 0 Å². The van der Waals surface area contributed by atoms with Crippen molar-refractivity contribution in [3.63, 3.8) is 0 Å². The minimum absolute atomic E-state index is 0.161. The number of Topliss-reactive ketones (excluding diaryl/α,β-unsaturated/α-hetero) is 1. The lowest BCUT2D eigenvalue weighted by Gasteiger charge is -2.21. The molecule has 242 valence electrons. The summed E-state index contributed by atoms with van der Waals surface area (Å²) in [5.41, 5.74) is 0. The second-order valence-electron chi connectivity index (χ2n) is 10.9. The van der Waals surface area contributed by atoms with Crippen LogP contribution in [-0.2, 0) is 28.6 Å². The Morgan fingerprint density at radius 2 is 1.02 bits per heavy atom. The lowest BCUT2D eigenvalue weighted by molar-refractivity contribution is -0.164. The minimum Gasteiger partial charge on any atom is -0.462 e. The van der Waals surface area contributed by atoms with Gasteiger partial charge in [-0.05, 0) is 12.8 Å². The van der Waals surface area contributed by atoms with Crippen LogP contribution in [0.15, 0.2) is 0 Å². The molecule has 0 aromatic heterocycles. The molecule has 0 aromatic carbocycles. The van der Waals surface area contributed by atoms with Crippen LogP contribution in [0.4, 0.5) is 0 Å². The molecule has 0 aliphatic heterocycles. The number of rotatable bonds is 29. The summed E-state index contributed by atoms with van der Waals surface area (Å²) in [7, 11) is -4.78. The van der Waals surface area contributed by atoms with Crippen LogP contribution in [0.1, 0.15) is 142 Å². The Kier molecular flexibility index (Phi) is 25.7. The Balaban J connectivity index is 4.58. The minimum atomic E-state index is -4.78. The maximum absolute atomic E-state index is 12.4. The lowest BCUT2D eigenvalue weighted by Crippen LogP contribution is -2.36. The number of carbonyl (C=O) groups is 3. The molecule has 0 heterocycles. The number of aliphatic hydroxyl groups is 1. The van der Waals surface area contributed by atoms with Crippen molar-refractivity contribution in [2.75, 3.05) is 19.8 Å². The van der Waals surface area contributed by atoms with Crippen LogP contribution < -0.4 is 0 Å². The molecule has 0 aliphatic carbocycles. The molecule has 0 fully saturated rings. The van der Waals surface area contributed by atoms with Crippen molar-refractivity contribution < 1.29 is 48.4 Å². The highest BCUT2D eigenvalue weighted by atomic mass is 31.2. The highest BCUT2D eigenvalue weighted by molar-refractivity contribution is 7.60. The molecule has 0 radical (unpaired) electrons. The van der Waals surface area contributed by atoms with E-state index in [2.05, 4.69) is 13.8 Å². The third kappa shape index (κ3) is 24.0. The maximum Gasteiger partial charge on any atom is 0.443 e. The summed E-state index contributed by atoms with van der Waals surface area (Å²) < 4.78 is 15.8. The molecule has 0 aliphatic rings. The number of carbonyl (C=O) groups excluding carboxylic acids is 3. The van der Waals surface area contributed by atoms with Gasteiger partial charge in [0, 0.05) is 12.8 Å². The van der Waals surface area contributed by atoms with Crippen molar-refractivity contribution in [1.82, 2.24) is 0 Å². The van der Waals surface area contributed by atoms with Gasteiger partial charge in [-0.25, -0.2) is 0 Å². The molecule has 1 unspecified atom stereocenters. The van der Waals surface area contributed by atoms with Crippen molar-refractivity contribution in [2.45, 2.75) is 154 Å². The molecule has 4 N–H and O–H groups in total. The average molecular weight is 610 g/mol. The van der Waals surface area contributed by atoms with E-state index in [-0.39, 0.29) is 19.4 Å². The molecular weight excluding hydrogens is 551 g/mol. The first-order valence-corrected chi connectivity index (χ1v) is 17.5. The highest BCUT2D eigenvalue weighted by Crippen LogP contribution is 2.51. The first kappa shape index (κ1) is 39.8. The zero-order chi connectivity index (χ0) is 30.8. The van der Waals surface area contributed by atoms with Crippen LogP contribution in [0.2, 0.25) is 0 Å². The molecule has 0 spiro atoms. The third-order valence-electron chi connectivity index (χ3n) is 6.88. The van der Waals surface area contributed by atoms with E-state index >= 15 is 0 Å². The summed E-state index contributed by atoms with van der Waals surface area (Å²) >= 11 is 0. The fourth-order valence-electron chi connectivity index (χ4n) is 4.44. The van der Waals surface area contributed by atoms with Gasteiger partial charge in [0.25, 0.3) is 0 Å². The summed E-state index contributed by atoms with van der Waals surface area (Å²) in [5, 5.41) is 9.05. The van der Waals surface area contributed by atoms with Gasteiger partial charge in [0.2, 0.25) is 5.78 Å². The molecule has 0 bridgehead atoms. The lowest BCUT2D eigenvalue weighted by atomic mass is 10.1. The number of hydrogen-bond donors (Lipinski definition) is 4. The van der Waals surface area contributed by atoms with E-state index in [1.165, 1.54) is 64.2 Å². The maximum atomic E-state index is 12.4. The number of esters is 2. The third-order valence-corrected chi connectivity index (χ3v) is 7.95. The van der Waals surface area contributed by atoms with Gasteiger partial charge in [0.15, 0.2) is 6.10 Å². The van der Waals surface area contributed by atoms with Crippen LogP contribution in [0.3, 0.4) is 0 Å².